The molecule has 0 unspecified atom stereocenters. The molecule has 0 aliphatic heterocycles. The van der Waals surface area contributed by atoms with Crippen molar-refractivity contribution >= 4 is 5.91 Å². The molecule has 2 aromatic rings. The lowest BCUT2D eigenvalue weighted by molar-refractivity contribution is -0.122. The Bertz CT molecular complexity index is 847. The zero-order valence-electron chi connectivity index (χ0n) is 14.5. The standard InChI is InChI=1S/C18H22FN3O3/c1-18(2,3)10-14(12-4-6-13(19)7-5-12)20-16(24)11-22-17(25)9-8-15(23)21-22/h4-9,14H,10-11H2,1-3H3,(H,20,24)(H,21,23)/t14-/m0/s1. The topological polar surface area (TPSA) is 84.0 Å². The van der Waals surface area contributed by atoms with Gasteiger partial charge in [-0.3, -0.25) is 19.5 Å². The molecule has 2 N–H and O–H groups in total. The van der Waals surface area contributed by atoms with E-state index in [1.807, 2.05) is 20.8 Å². The number of carbonyl (C=O) groups excluding carboxylic acids is 1. The van der Waals surface area contributed by atoms with Crippen LogP contribution >= 0.6 is 0 Å². The van der Waals surface area contributed by atoms with Crippen molar-refractivity contribution in [3.8, 4) is 0 Å². The number of rotatable bonds is 5. The largest absolute Gasteiger partial charge is 0.348 e. The first-order chi connectivity index (χ1) is 11.6. The van der Waals surface area contributed by atoms with E-state index in [1.54, 1.807) is 12.1 Å². The van der Waals surface area contributed by atoms with Crippen LogP contribution in [0.1, 0.15) is 38.8 Å². The van der Waals surface area contributed by atoms with Gasteiger partial charge in [0.1, 0.15) is 12.4 Å². The van der Waals surface area contributed by atoms with Gasteiger partial charge in [-0.15, -0.1) is 0 Å². The molecular weight excluding hydrogens is 325 g/mol. The number of H-pyrrole nitrogens is 1. The molecule has 0 aliphatic rings. The number of nitrogens with one attached hydrogen (secondary N) is 2. The predicted octanol–water partition coefficient (Wildman–Crippen LogP) is 1.97. The van der Waals surface area contributed by atoms with Crippen molar-refractivity contribution in [2.45, 2.75) is 39.8 Å². The van der Waals surface area contributed by atoms with Gasteiger partial charge < -0.3 is 5.32 Å². The zero-order valence-corrected chi connectivity index (χ0v) is 14.5. The fourth-order valence-corrected chi connectivity index (χ4v) is 2.52. The average molecular weight is 347 g/mol. The Kier molecular flexibility index (Phi) is 5.56. The van der Waals surface area contributed by atoms with Crippen molar-refractivity contribution in [1.82, 2.24) is 15.1 Å². The first kappa shape index (κ1) is 18.6. The minimum atomic E-state index is -0.469. The Morgan fingerprint density at radius 1 is 1.16 bits per heavy atom. The highest BCUT2D eigenvalue weighted by molar-refractivity contribution is 5.76. The fourth-order valence-electron chi connectivity index (χ4n) is 2.52. The normalized spacial score (nSPS) is 12.6. The van der Waals surface area contributed by atoms with Gasteiger partial charge in [-0.1, -0.05) is 32.9 Å². The van der Waals surface area contributed by atoms with Crippen molar-refractivity contribution in [2.75, 3.05) is 0 Å². The summed E-state index contributed by atoms with van der Waals surface area (Å²) >= 11 is 0. The van der Waals surface area contributed by atoms with Gasteiger partial charge in [-0.2, -0.15) is 0 Å². The monoisotopic (exact) mass is 347 g/mol. The Labute approximate surface area is 144 Å². The highest BCUT2D eigenvalue weighted by Crippen LogP contribution is 2.29. The van der Waals surface area contributed by atoms with Gasteiger partial charge in [-0.05, 0) is 29.5 Å². The van der Waals surface area contributed by atoms with Gasteiger partial charge in [0, 0.05) is 12.1 Å². The van der Waals surface area contributed by atoms with E-state index in [1.165, 1.54) is 12.1 Å². The van der Waals surface area contributed by atoms with Gasteiger partial charge in [0.2, 0.25) is 5.91 Å². The summed E-state index contributed by atoms with van der Waals surface area (Å²) in [5.41, 5.74) is -0.232. The lowest BCUT2D eigenvalue weighted by Gasteiger charge is -2.27. The van der Waals surface area contributed by atoms with E-state index in [-0.39, 0.29) is 23.8 Å². The lowest BCUT2D eigenvalue weighted by Crippen LogP contribution is -2.38. The van der Waals surface area contributed by atoms with E-state index in [0.717, 1.165) is 22.4 Å². The molecule has 1 aromatic carbocycles. The molecule has 134 valence electrons. The summed E-state index contributed by atoms with van der Waals surface area (Å²) in [6, 6.07) is 7.83. The first-order valence-corrected chi connectivity index (χ1v) is 7.99. The molecule has 0 aliphatic carbocycles. The van der Waals surface area contributed by atoms with Crippen LogP contribution < -0.4 is 16.4 Å². The third-order valence-corrected chi connectivity index (χ3v) is 3.61. The molecule has 2 rings (SSSR count). The van der Waals surface area contributed by atoms with E-state index in [9.17, 15) is 18.8 Å². The molecule has 0 spiro atoms. The molecule has 1 heterocycles. The van der Waals surface area contributed by atoms with Crippen LogP contribution in [-0.2, 0) is 11.3 Å². The van der Waals surface area contributed by atoms with Crippen molar-refractivity contribution in [3.05, 3.63) is 68.5 Å². The number of aromatic amines is 1. The van der Waals surface area contributed by atoms with Crippen molar-refractivity contribution in [3.63, 3.8) is 0 Å². The molecule has 1 amide bonds. The van der Waals surface area contributed by atoms with Crippen LogP contribution in [0.5, 0.6) is 0 Å². The molecule has 25 heavy (non-hydrogen) atoms. The maximum Gasteiger partial charge on any atom is 0.265 e. The SMILES string of the molecule is CC(C)(C)C[C@H](NC(=O)Cn1[nH]c(=O)ccc1=O)c1ccc(F)cc1. The first-order valence-electron chi connectivity index (χ1n) is 7.99. The van der Waals surface area contributed by atoms with Crippen LogP contribution in [0, 0.1) is 11.2 Å². The fraction of sp³-hybridized carbons (Fsp3) is 0.389. The summed E-state index contributed by atoms with van der Waals surface area (Å²) in [5.74, 6) is -0.763. The second-order valence-corrected chi connectivity index (χ2v) is 7.17. The molecule has 0 saturated heterocycles. The molecule has 1 atom stereocenters. The van der Waals surface area contributed by atoms with Gasteiger partial charge in [-0.25, -0.2) is 9.07 Å². The molecule has 0 fully saturated rings. The molecule has 1 aromatic heterocycles. The zero-order chi connectivity index (χ0) is 18.6. The van der Waals surface area contributed by atoms with Gasteiger partial charge in [0.15, 0.2) is 0 Å². The van der Waals surface area contributed by atoms with Gasteiger partial charge >= 0.3 is 0 Å². The molecule has 7 heteroatoms. The summed E-state index contributed by atoms with van der Waals surface area (Å²) in [7, 11) is 0. The van der Waals surface area contributed by atoms with Crippen LogP contribution in [0.25, 0.3) is 0 Å². The quantitative estimate of drug-likeness (QED) is 0.867. The Morgan fingerprint density at radius 3 is 2.40 bits per heavy atom. The third-order valence-electron chi connectivity index (χ3n) is 3.61. The van der Waals surface area contributed by atoms with Crippen LogP contribution in [0.15, 0.2) is 46.0 Å². The number of halogens is 1. The van der Waals surface area contributed by atoms with Crippen LogP contribution in [-0.4, -0.2) is 15.7 Å². The summed E-state index contributed by atoms with van der Waals surface area (Å²) in [6.45, 7) is 5.81. The number of amides is 1. The number of hydrogen-bond acceptors (Lipinski definition) is 3. The number of aromatic nitrogens is 2. The third kappa shape index (κ3) is 5.70. The van der Waals surface area contributed by atoms with Crippen molar-refractivity contribution in [2.24, 2.45) is 5.41 Å². The van der Waals surface area contributed by atoms with Crippen LogP contribution in [0.4, 0.5) is 4.39 Å². The number of hydrogen-bond donors (Lipinski definition) is 2. The Morgan fingerprint density at radius 2 is 1.80 bits per heavy atom. The summed E-state index contributed by atoms with van der Waals surface area (Å²) in [6.07, 6.45) is 0.630. The number of nitrogens with zero attached hydrogens (tertiary/aromatic N) is 1. The molecule has 6 nitrogen and oxygen atoms in total. The van der Waals surface area contributed by atoms with Gasteiger partial charge in [0.05, 0.1) is 6.04 Å². The lowest BCUT2D eigenvalue weighted by atomic mass is 9.85. The van der Waals surface area contributed by atoms with Crippen LogP contribution in [0.2, 0.25) is 0 Å². The number of benzene rings is 1. The van der Waals surface area contributed by atoms with Gasteiger partial charge in [0.25, 0.3) is 11.1 Å². The minimum Gasteiger partial charge on any atom is -0.348 e. The van der Waals surface area contributed by atoms with E-state index in [4.69, 9.17) is 0 Å². The van der Waals surface area contributed by atoms with Crippen LogP contribution in [0.3, 0.4) is 0 Å². The molecule has 0 bridgehead atoms. The molecule has 0 saturated carbocycles. The van der Waals surface area contributed by atoms with E-state index >= 15 is 0 Å². The van der Waals surface area contributed by atoms with E-state index in [0.29, 0.717) is 6.42 Å². The second kappa shape index (κ2) is 7.46. The summed E-state index contributed by atoms with van der Waals surface area (Å²) < 4.78 is 14.1. The Hall–Kier alpha value is -2.70. The van der Waals surface area contributed by atoms with E-state index in [2.05, 4.69) is 10.4 Å². The summed E-state index contributed by atoms with van der Waals surface area (Å²) in [5, 5.41) is 5.17. The van der Waals surface area contributed by atoms with E-state index < -0.39 is 17.0 Å². The highest BCUT2D eigenvalue weighted by atomic mass is 19.1. The predicted molar refractivity (Wildman–Crippen MR) is 92.7 cm³/mol. The smallest absolute Gasteiger partial charge is 0.265 e. The second-order valence-electron chi connectivity index (χ2n) is 7.17. The highest BCUT2D eigenvalue weighted by Gasteiger charge is 2.22. The average Bonchev–Trinajstić information content (AvgIpc) is 2.49. The minimum absolute atomic E-state index is 0.0791. The maximum absolute atomic E-state index is 13.2. The molecule has 0 radical (unpaired) electrons. The van der Waals surface area contributed by atoms with Crippen molar-refractivity contribution in [1.29, 1.82) is 0 Å². The Balaban J connectivity index is 2.19. The molecular formula is C18H22FN3O3. The number of carbonyl (C=O) groups is 1. The summed E-state index contributed by atoms with van der Waals surface area (Å²) in [4.78, 5) is 35.4. The van der Waals surface area contributed by atoms with Crippen molar-refractivity contribution < 1.29 is 9.18 Å². The maximum atomic E-state index is 13.2.